The second-order valence-corrected chi connectivity index (χ2v) is 6.54. The molecule has 0 spiro atoms. The van der Waals surface area contributed by atoms with Crippen LogP contribution in [0.1, 0.15) is 11.5 Å². The summed E-state index contributed by atoms with van der Waals surface area (Å²) in [5, 5.41) is 4.31. The van der Waals surface area contributed by atoms with Gasteiger partial charge in [-0.3, -0.25) is 0 Å². The average Bonchev–Trinajstić information content (AvgIpc) is 3.00. The number of nitrogens with one attached hydrogen (secondary N) is 1. The van der Waals surface area contributed by atoms with Crippen LogP contribution in [0, 0.1) is 13.8 Å². The fourth-order valence-electron chi connectivity index (χ4n) is 2.98. The molecule has 0 radical (unpaired) electrons. The van der Waals surface area contributed by atoms with Crippen LogP contribution in [-0.2, 0) is 0 Å². The van der Waals surface area contributed by atoms with Crippen molar-refractivity contribution in [3.63, 3.8) is 0 Å². The molecule has 0 fully saturated rings. The van der Waals surface area contributed by atoms with E-state index >= 15 is 0 Å². The lowest BCUT2D eigenvalue weighted by Gasteiger charge is -2.14. The van der Waals surface area contributed by atoms with Gasteiger partial charge in [-0.05, 0) is 38.1 Å². The Morgan fingerprint density at radius 1 is 1.04 bits per heavy atom. The van der Waals surface area contributed by atoms with Crippen LogP contribution >= 0.6 is 0 Å². The fraction of sp³-hybridized carbons (Fsp3) is 0.200. The van der Waals surface area contributed by atoms with Crippen molar-refractivity contribution in [1.29, 1.82) is 0 Å². The molecule has 0 unspecified atom stereocenters. The van der Waals surface area contributed by atoms with Crippen molar-refractivity contribution in [3.05, 3.63) is 54.4 Å². The molecule has 0 saturated heterocycles. The number of pyridine rings is 2. The zero-order valence-corrected chi connectivity index (χ0v) is 15.7. The Bertz CT molecular complexity index is 1120. The Hall–Kier alpha value is -3.48. The van der Waals surface area contributed by atoms with Gasteiger partial charge in [-0.15, -0.1) is 0 Å². The summed E-state index contributed by atoms with van der Waals surface area (Å²) in [5.74, 6) is 3.21. The van der Waals surface area contributed by atoms with E-state index in [-0.39, 0.29) is 0 Å². The van der Waals surface area contributed by atoms with Crippen LogP contribution < -0.4 is 10.2 Å². The number of hydrogen-bond acceptors (Lipinski definition) is 7. The summed E-state index contributed by atoms with van der Waals surface area (Å²) in [6, 6.07) is 9.77. The van der Waals surface area contributed by atoms with Gasteiger partial charge in [0, 0.05) is 37.3 Å². The number of furan rings is 1. The van der Waals surface area contributed by atoms with Crippen molar-refractivity contribution in [2.75, 3.05) is 24.3 Å². The molecule has 4 rings (SSSR count). The molecule has 1 N–H and O–H groups in total. The number of aryl methyl sites for hydroxylation is 2. The topological polar surface area (TPSA) is 80.0 Å². The zero-order valence-electron chi connectivity index (χ0n) is 15.7. The van der Waals surface area contributed by atoms with Gasteiger partial charge in [0.25, 0.3) is 0 Å². The average molecular weight is 360 g/mol. The Labute approximate surface area is 157 Å². The maximum absolute atomic E-state index is 5.67. The smallest absolute Gasteiger partial charge is 0.161 e. The van der Waals surface area contributed by atoms with E-state index in [0.717, 1.165) is 39.7 Å². The molecule has 0 aliphatic carbocycles. The van der Waals surface area contributed by atoms with Gasteiger partial charge < -0.3 is 14.6 Å². The first kappa shape index (κ1) is 17.0. The molecule has 4 heterocycles. The van der Waals surface area contributed by atoms with Crippen LogP contribution in [0.3, 0.4) is 0 Å². The molecular formula is C20H20N6O. The molecule has 0 aromatic carbocycles. The molecule has 7 heteroatoms. The first-order valence-electron chi connectivity index (χ1n) is 8.61. The maximum atomic E-state index is 5.67. The fourth-order valence-corrected chi connectivity index (χ4v) is 2.98. The molecule has 0 aliphatic rings. The monoisotopic (exact) mass is 360 g/mol. The number of rotatable bonds is 4. The van der Waals surface area contributed by atoms with Crippen LogP contribution in [-0.4, -0.2) is 34.0 Å². The van der Waals surface area contributed by atoms with E-state index in [2.05, 4.69) is 20.3 Å². The quantitative estimate of drug-likeness (QED) is 0.587. The van der Waals surface area contributed by atoms with E-state index in [1.54, 1.807) is 12.5 Å². The third-order valence-electron chi connectivity index (χ3n) is 4.27. The number of anilines is 3. The highest BCUT2D eigenvalue weighted by molar-refractivity contribution is 5.93. The van der Waals surface area contributed by atoms with Crippen molar-refractivity contribution in [2.45, 2.75) is 13.8 Å². The normalized spacial score (nSPS) is 11.0. The van der Waals surface area contributed by atoms with Crippen LogP contribution in [0.5, 0.6) is 0 Å². The van der Waals surface area contributed by atoms with E-state index in [9.17, 15) is 0 Å². The van der Waals surface area contributed by atoms with Gasteiger partial charge in [-0.25, -0.2) is 19.9 Å². The lowest BCUT2D eigenvalue weighted by atomic mass is 10.1. The minimum atomic E-state index is 0.664. The molecule has 4 aromatic heterocycles. The van der Waals surface area contributed by atoms with Crippen molar-refractivity contribution in [1.82, 2.24) is 19.9 Å². The zero-order chi connectivity index (χ0) is 19.0. The molecular weight excluding hydrogens is 340 g/mol. The molecule has 0 atom stereocenters. The van der Waals surface area contributed by atoms with Gasteiger partial charge in [-0.1, -0.05) is 0 Å². The van der Waals surface area contributed by atoms with E-state index in [1.165, 1.54) is 0 Å². The second kappa shape index (κ2) is 6.68. The van der Waals surface area contributed by atoms with Crippen molar-refractivity contribution in [3.8, 4) is 11.3 Å². The lowest BCUT2D eigenvalue weighted by molar-refractivity contribution is 0.505. The summed E-state index contributed by atoms with van der Waals surface area (Å²) in [7, 11) is 3.89. The molecule has 27 heavy (non-hydrogen) atoms. The predicted molar refractivity (Wildman–Crippen MR) is 106 cm³/mol. The molecule has 7 nitrogen and oxygen atoms in total. The van der Waals surface area contributed by atoms with Gasteiger partial charge in [-0.2, -0.15) is 0 Å². The second-order valence-electron chi connectivity index (χ2n) is 6.54. The third kappa shape index (κ3) is 3.31. The summed E-state index contributed by atoms with van der Waals surface area (Å²) in [4.78, 5) is 19.7. The summed E-state index contributed by atoms with van der Waals surface area (Å²) in [5.41, 5.74) is 3.31. The Morgan fingerprint density at radius 2 is 1.89 bits per heavy atom. The summed E-state index contributed by atoms with van der Waals surface area (Å²) in [6.45, 7) is 3.87. The van der Waals surface area contributed by atoms with Crippen LogP contribution in [0.4, 0.5) is 17.3 Å². The number of fused-ring (bicyclic) bond motifs is 1. The van der Waals surface area contributed by atoms with Crippen molar-refractivity contribution >= 4 is 28.4 Å². The highest BCUT2D eigenvalue weighted by Crippen LogP contribution is 2.32. The van der Waals surface area contributed by atoms with E-state index < -0.39 is 0 Å². The predicted octanol–water partition coefficient (Wildman–Crippen LogP) is 4.11. The molecule has 0 bridgehead atoms. The minimum Gasteiger partial charge on any atom is -0.466 e. The highest BCUT2D eigenvalue weighted by atomic mass is 16.3. The van der Waals surface area contributed by atoms with Gasteiger partial charge in [0.2, 0.25) is 0 Å². The first-order valence-corrected chi connectivity index (χ1v) is 8.61. The third-order valence-corrected chi connectivity index (χ3v) is 4.27. The Balaban J connectivity index is 1.84. The number of nitrogens with zero attached hydrogens (tertiary/aromatic N) is 5. The standard InChI is InChI=1S/C20H20N6O/c1-12-8-15(13(2)27-12)17-9-16(14-6-5-7-21-20(14)25-17)24-18-10-19(26(3)4)23-11-22-18/h5-11H,1-4H3,(H,21,22,23,24,25). The van der Waals surface area contributed by atoms with Crippen molar-refractivity contribution in [2.24, 2.45) is 0 Å². The molecule has 4 aromatic rings. The minimum absolute atomic E-state index is 0.664. The van der Waals surface area contributed by atoms with E-state index in [1.807, 2.05) is 63.2 Å². The maximum Gasteiger partial charge on any atom is 0.161 e. The summed E-state index contributed by atoms with van der Waals surface area (Å²) < 4.78 is 5.67. The Kier molecular flexibility index (Phi) is 4.19. The summed E-state index contributed by atoms with van der Waals surface area (Å²) in [6.07, 6.45) is 3.29. The van der Waals surface area contributed by atoms with E-state index in [4.69, 9.17) is 9.40 Å². The summed E-state index contributed by atoms with van der Waals surface area (Å²) >= 11 is 0. The van der Waals surface area contributed by atoms with Gasteiger partial charge >= 0.3 is 0 Å². The lowest BCUT2D eigenvalue weighted by Crippen LogP contribution is -2.11. The van der Waals surface area contributed by atoms with Crippen LogP contribution in [0.25, 0.3) is 22.3 Å². The molecule has 136 valence electrons. The van der Waals surface area contributed by atoms with Gasteiger partial charge in [0.05, 0.1) is 11.4 Å². The molecule has 0 amide bonds. The van der Waals surface area contributed by atoms with Crippen LogP contribution in [0.2, 0.25) is 0 Å². The van der Waals surface area contributed by atoms with Crippen LogP contribution in [0.15, 0.2) is 47.3 Å². The SMILES string of the molecule is Cc1cc(-c2cc(Nc3cc(N(C)C)ncn3)c3cccnc3n2)c(C)o1. The largest absolute Gasteiger partial charge is 0.466 e. The highest BCUT2D eigenvalue weighted by Gasteiger charge is 2.14. The number of aromatic nitrogens is 4. The van der Waals surface area contributed by atoms with E-state index in [0.29, 0.717) is 11.5 Å². The Morgan fingerprint density at radius 3 is 2.63 bits per heavy atom. The number of hydrogen-bond donors (Lipinski definition) is 1. The van der Waals surface area contributed by atoms with Crippen molar-refractivity contribution < 1.29 is 4.42 Å². The van der Waals surface area contributed by atoms with Gasteiger partial charge in [0.1, 0.15) is 29.5 Å². The molecule has 0 saturated carbocycles. The molecule has 0 aliphatic heterocycles. The van der Waals surface area contributed by atoms with Gasteiger partial charge in [0.15, 0.2) is 5.65 Å². The first-order chi connectivity index (χ1) is 13.0.